The van der Waals surface area contributed by atoms with Gasteiger partial charge in [0.2, 0.25) is 5.91 Å². The number of thiophene rings is 1. The summed E-state index contributed by atoms with van der Waals surface area (Å²) in [5, 5.41) is 15.1. The van der Waals surface area contributed by atoms with E-state index in [0.29, 0.717) is 25.3 Å². The zero-order chi connectivity index (χ0) is 19.7. The lowest BCUT2D eigenvalue weighted by atomic mass is 9.92. The Kier molecular flexibility index (Phi) is 5.03. The molecule has 0 radical (unpaired) electrons. The summed E-state index contributed by atoms with van der Waals surface area (Å²) in [5.74, 6) is 0.642. The van der Waals surface area contributed by atoms with E-state index in [1.54, 1.807) is 16.2 Å². The first-order valence-electron chi connectivity index (χ1n) is 9.53. The van der Waals surface area contributed by atoms with Crippen LogP contribution < -0.4 is 5.32 Å². The molecule has 146 valence electrons. The maximum absolute atomic E-state index is 12.7. The van der Waals surface area contributed by atoms with Gasteiger partial charge < -0.3 is 15.3 Å². The number of rotatable bonds is 5. The average Bonchev–Trinajstić information content (AvgIpc) is 3.31. The Morgan fingerprint density at radius 1 is 1.32 bits per heavy atom. The van der Waals surface area contributed by atoms with E-state index in [0.717, 1.165) is 27.8 Å². The molecule has 0 bridgehead atoms. The molecule has 0 aliphatic carbocycles. The lowest BCUT2D eigenvalue weighted by Gasteiger charge is -2.24. The van der Waals surface area contributed by atoms with Crippen molar-refractivity contribution in [2.45, 2.75) is 32.3 Å². The number of aromatic nitrogens is 2. The van der Waals surface area contributed by atoms with E-state index in [9.17, 15) is 9.90 Å². The van der Waals surface area contributed by atoms with Crippen LogP contribution >= 0.6 is 11.3 Å². The van der Waals surface area contributed by atoms with Gasteiger partial charge in [-0.3, -0.25) is 4.79 Å². The number of carbonyl (C=O) groups is 1. The summed E-state index contributed by atoms with van der Waals surface area (Å²) in [6, 6.07) is 9.96. The molecule has 0 spiro atoms. The second kappa shape index (κ2) is 7.48. The Hall–Kier alpha value is -2.51. The van der Waals surface area contributed by atoms with E-state index in [-0.39, 0.29) is 12.5 Å². The number of carbonyl (C=O) groups excluding carboxylic acids is 1. The molecule has 4 rings (SSSR count). The summed E-state index contributed by atoms with van der Waals surface area (Å²) in [4.78, 5) is 25.2. The van der Waals surface area contributed by atoms with Crippen molar-refractivity contribution >= 4 is 33.3 Å². The number of fused-ring (bicyclic) bond motifs is 1. The highest BCUT2D eigenvalue weighted by atomic mass is 32.1. The summed E-state index contributed by atoms with van der Waals surface area (Å²) in [6.07, 6.45) is 3.02. The second-order valence-corrected chi connectivity index (χ2v) is 8.44. The van der Waals surface area contributed by atoms with E-state index in [1.807, 2.05) is 31.2 Å². The second-order valence-electron chi connectivity index (χ2n) is 7.32. The predicted molar refractivity (Wildman–Crippen MR) is 112 cm³/mol. The number of likely N-dealkylation sites (tertiary alicyclic amines) is 1. The van der Waals surface area contributed by atoms with Crippen LogP contribution in [0.5, 0.6) is 0 Å². The van der Waals surface area contributed by atoms with Crippen molar-refractivity contribution in [1.82, 2.24) is 14.9 Å². The van der Waals surface area contributed by atoms with Crippen molar-refractivity contribution in [3.8, 4) is 0 Å². The number of anilines is 1. The monoisotopic (exact) mass is 396 g/mol. The largest absolute Gasteiger partial charge is 0.383 e. The van der Waals surface area contributed by atoms with Crippen molar-refractivity contribution < 1.29 is 9.90 Å². The molecule has 1 aliphatic heterocycles. The van der Waals surface area contributed by atoms with Gasteiger partial charge in [0.05, 0.1) is 18.5 Å². The number of nitrogens with one attached hydrogen (secondary N) is 1. The Morgan fingerprint density at radius 3 is 2.86 bits per heavy atom. The van der Waals surface area contributed by atoms with Crippen LogP contribution in [0.4, 0.5) is 5.82 Å². The van der Waals surface area contributed by atoms with Crippen molar-refractivity contribution in [3.05, 3.63) is 52.7 Å². The molecule has 1 aliphatic rings. The number of aliphatic hydroxyl groups is 1. The molecule has 28 heavy (non-hydrogen) atoms. The van der Waals surface area contributed by atoms with E-state index >= 15 is 0 Å². The van der Waals surface area contributed by atoms with Crippen LogP contribution in [0, 0.1) is 6.92 Å². The zero-order valence-corrected chi connectivity index (χ0v) is 16.9. The normalized spacial score (nSPS) is 19.3. The molecule has 1 aromatic carbocycles. The van der Waals surface area contributed by atoms with Gasteiger partial charge in [-0.2, -0.15) is 0 Å². The van der Waals surface area contributed by atoms with Crippen molar-refractivity contribution in [3.63, 3.8) is 0 Å². The zero-order valence-electron chi connectivity index (χ0n) is 16.1. The van der Waals surface area contributed by atoms with E-state index in [4.69, 9.17) is 0 Å². The quantitative estimate of drug-likeness (QED) is 0.693. The first kappa shape index (κ1) is 18.8. The van der Waals surface area contributed by atoms with Crippen LogP contribution in [0.2, 0.25) is 0 Å². The Balaban J connectivity index is 1.42. The summed E-state index contributed by atoms with van der Waals surface area (Å²) >= 11 is 1.65. The molecule has 1 unspecified atom stereocenters. The highest BCUT2D eigenvalue weighted by Crippen LogP contribution is 2.32. The van der Waals surface area contributed by atoms with Crippen LogP contribution in [-0.2, 0) is 16.8 Å². The molecule has 0 saturated carbocycles. The molecule has 1 fully saturated rings. The molecular formula is C21H24N4O2S. The van der Waals surface area contributed by atoms with Crippen molar-refractivity contribution in [2.24, 2.45) is 0 Å². The highest BCUT2D eigenvalue weighted by molar-refractivity contribution is 7.18. The minimum atomic E-state index is -0.977. The standard InChI is InChI=1S/C21H24N4O2S/c1-3-16-10-17-19(23-13-24-20(17)28-16)22-11-18(26)25-9-8-21(27,12-25)15-6-4-14(2)5-7-15/h4-7,10,13,27H,3,8-9,11-12H2,1-2H3,(H,22,23,24). The number of amides is 1. The fourth-order valence-electron chi connectivity index (χ4n) is 3.60. The van der Waals surface area contributed by atoms with Gasteiger partial charge in [0.1, 0.15) is 22.6 Å². The highest BCUT2D eigenvalue weighted by Gasteiger charge is 2.39. The molecule has 1 amide bonds. The lowest BCUT2D eigenvalue weighted by Crippen LogP contribution is -2.37. The SMILES string of the molecule is CCc1cc2c(NCC(=O)N3CCC(O)(c4ccc(C)cc4)C3)ncnc2s1. The van der Waals surface area contributed by atoms with Crippen molar-refractivity contribution in [2.75, 3.05) is 25.0 Å². The number of nitrogens with zero attached hydrogens (tertiary/aromatic N) is 3. The molecule has 1 saturated heterocycles. The number of benzene rings is 1. The molecule has 3 aromatic rings. The van der Waals surface area contributed by atoms with Crippen LogP contribution in [0.1, 0.15) is 29.3 Å². The summed E-state index contributed by atoms with van der Waals surface area (Å²) in [6.45, 7) is 5.13. The topological polar surface area (TPSA) is 78.4 Å². The van der Waals surface area contributed by atoms with Gasteiger partial charge in [0.25, 0.3) is 0 Å². The van der Waals surface area contributed by atoms with E-state index in [1.165, 1.54) is 11.2 Å². The Morgan fingerprint density at radius 2 is 2.11 bits per heavy atom. The Labute approximate surface area is 168 Å². The minimum absolute atomic E-state index is 0.0410. The molecule has 6 nitrogen and oxygen atoms in total. The molecule has 1 atom stereocenters. The fourth-order valence-corrected chi connectivity index (χ4v) is 4.53. The van der Waals surface area contributed by atoms with Crippen LogP contribution in [0.3, 0.4) is 0 Å². The van der Waals surface area contributed by atoms with Gasteiger partial charge in [0.15, 0.2) is 0 Å². The average molecular weight is 397 g/mol. The predicted octanol–water partition coefficient (Wildman–Crippen LogP) is 3.09. The lowest BCUT2D eigenvalue weighted by molar-refractivity contribution is -0.129. The van der Waals surface area contributed by atoms with Gasteiger partial charge in [-0.25, -0.2) is 9.97 Å². The summed E-state index contributed by atoms with van der Waals surface area (Å²) in [5.41, 5.74) is 1.04. The van der Waals surface area contributed by atoms with Gasteiger partial charge in [-0.05, 0) is 31.4 Å². The molecular weight excluding hydrogens is 372 g/mol. The third-order valence-electron chi connectivity index (χ3n) is 5.33. The maximum Gasteiger partial charge on any atom is 0.242 e. The third kappa shape index (κ3) is 3.59. The molecule has 3 heterocycles. The molecule has 2 aromatic heterocycles. The number of hydrogen-bond acceptors (Lipinski definition) is 6. The minimum Gasteiger partial charge on any atom is -0.383 e. The fraction of sp³-hybridized carbons (Fsp3) is 0.381. The maximum atomic E-state index is 12.7. The van der Waals surface area contributed by atoms with Crippen LogP contribution in [0.25, 0.3) is 10.2 Å². The smallest absolute Gasteiger partial charge is 0.242 e. The third-order valence-corrected chi connectivity index (χ3v) is 6.51. The van der Waals surface area contributed by atoms with Crippen LogP contribution in [-0.4, -0.2) is 45.5 Å². The summed E-state index contributed by atoms with van der Waals surface area (Å²) < 4.78 is 0. The number of aryl methyl sites for hydroxylation is 2. The first-order valence-corrected chi connectivity index (χ1v) is 10.3. The van der Waals surface area contributed by atoms with E-state index in [2.05, 4.69) is 28.3 Å². The van der Waals surface area contributed by atoms with Gasteiger partial charge >= 0.3 is 0 Å². The van der Waals surface area contributed by atoms with Gasteiger partial charge in [0, 0.05) is 11.4 Å². The number of β-amino-alcohol motifs (C(OH)–C–C–N with tert-alkyl or cyclic N) is 1. The van der Waals surface area contributed by atoms with Gasteiger partial charge in [-0.15, -0.1) is 11.3 Å². The van der Waals surface area contributed by atoms with E-state index < -0.39 is 5.60 Å². The Bertz CT molecular complexity index is 1000. The number of hydrogen-bond donors (Lipinski definition) is 2. The summed E-state index contributed by atoms with van der Waals surface area (Å²) in [7, 11) is 0. The molecule has 2 N–H and O–H groups in total. The molecule has 7 heteroatoms. The van der Waals surface area contributed by atoms with Crippen LogP contribution in [0.15, 0.2) is 36.7 Å². The first-order chi connectivity index (χ1) is 13.5. The van der Waals surface area contributed by atoms with Crippen molar-refractivity contribution in [1.29, 1.82) is 0 Å². The van der Waals surface area contributed by atoms with Gasteiger partial charge in [-0.1, -0.05) is 36.8 Å².